The molecule has 0 amide bonds. The van der Waals surface area contributed by atoms with Crippen molar-refractivity contribution in [3.05, 3.63) is 0 Å². The standard InChI is InChI=1S/C17H33NS2/c1-4-13-8-7-9-14(12-13)16(18-6-3)17-15(5-2)19-10-11-20-17/h13-18H,4-12H2,1-3H3. The van der Waals surface area contributed by atoms with Crippen LogP contribution in [0.3, 0.4) is 0 Å². The summed E-state index contributed by atoms with van der Waals surface area (Å²) in [6, 6.07) is 0.761. The molecule has 1 N–H and O–H groups in total. The first-order chi connectivity index (χ1) is 9.80. The van der Waals surface area contributed by atoms with E-state index in [0.717, 1.165) is 34.9 Å². The molecule has 0 spiro atoms. The van der Waals surface area contributed by atoms with Crippen LogP contribution >= 0.6 is 23.5 Å². The van der Waals surface area contributed by atoms with E-state index in [4.69, 9.17) is 0 Å². The van der Waals surface area contributed by atoms with Gasteiger partial charge in [0.05, 0.1) is 0 Å². The van der Waals surface area contributed by atoms with Crippen LogP contribution in [-0.2, 0) is 0 Å². The van der Waals surface area contributed by atoms with Crippen LogP contribution in [0.25, 0.3) is 0 Å². The highest BCUT2D eigenvalue weighted by molar-refractivity contribution is 8.07. The van der Waals surface area contributed by atoms with Gasteiger partial charge in [0, 0.05) is 28.0 Å². The van der Waals surface area contributed by atoms with E-state index < -0.39 is 0 Å². The van der Waals surface area contributed by atoms with Crippen LogP contribution in [0, 0.1) is 11.8 Å². The lowest BCUT2D eigenvalue weighted by Gasteiger charge is -2.43. The lowest BCUT2D eigenvalue weighted by molar-refractivity contribution is 0.205. The minimum absolute atomic E-state index is 0.761. The minimum atomic E-state index is 0.761. The number of rotatable bonds is 6. The highest BCUT2D eigenvalue weighted by atomic mass is 32.2. The lowest BCUT2D eigenvalue weighted by Crippen LogP contribution is -2.50. The van der Waals surface area contributed by atoms with E-state index in [-0.39, 0.29) is 0 Å². The Morgan fingerprint density at radius 3 is 2.55 bits per heavy atom. The van der Waals surface area contributed by atoms with Crippen molar-refractivity contribution >= 4 is 23.5 Å². The first kappa shape index (κ1) is 17.0. The lowest BCUT2D eigenvalue weighted by atomic mass is 9.75. The van der Waals surface area contributed by atoms with Crippen molar-refractivity contribution in [2.45, 2.75) is 75.8 Å². The Labute approximate surface area is 134 Å². The Morgan fingerprint density at radius 2 is 1.85 bits per heavy atom. The fourth-order valence-electron chi connectivity index (χ4n) is 4.09. The Hall–Kier alpha value is 0.660. The fraction of sp³-hybridized carbons (Fsp3) is 1.00. The van der Waals surface area contributed by atoms with Gasteiger partial charge >= 0.3 is 0 Å². The Bertz CT molecular complexity index is 272. The first-order valence-electron chi connectivity index (χ1n) is 8.76. The summed E-state index contributed by atoms with van der Waals surface area (Å²) in [4.78, 5) is 0. The maximum absolute atomic E-state index is 3.90. The molecule has 0 aromatic carbocycles. The maximum atomic E-state index is 3.90. The van der Waals surface area contributed by atoms with Gasteiger partial charge in [0.2, 0.25) is 0 Å². The third kappa shape index (κ3) is 4.33. The average Bonchev–Trinajstić information content (AvgIpc) is 2.52. The SMILES string of the molecule is CCNC(C1CCCC(CC)C1)C1SCCSC1CC. The third-order valence-electron chi connectivity index (χ3n) is 5.20. The van der Waals surface area contributed by atoms with Crippen molar-refractivity contribution in [3.8, 4) is 0 Å². The van der Waals surface area contributed by atoms with Gasteiger partial charge in [-0.05, 0) is 37.6 Å². The number of hydrogen-bond donors (Lipinski definition) is 1. The minimum Gasteiger partial charge on any atom is -0.313 e. The van der Waals surface area contributed by atoms with E-state index in [2.05, 4.69) is 49.6 Å². The predicted molar refractivity (Wildman–Crippen MR) is 96.0 cm³/mol. The zero-order valence-corrected chi connectivity index (χ0v) is 15.2. The van der Waals surface area contributed by atoms with Gasteiger partial charge in [0.15, 0.2) is 0 Å². The quantitative estimate of drug-likeness (QED) is 0.755. The van der Waals surface area contributed by atoms with Crippen LogP contribution in [0.15, 0.2) is 0 Å². The van der Waals surface area contributed by atoms with Crippen LogP contribution < -0.4 is 5.32 Å². The molecular formula is C17H33NS2. The average molecular weight is 316 g/mol. The van der Waals surface area contributed by atoms with E-state index in [0.29, 0.717) is 0 Å². The predicted octanol–water partition coefficient (Wildman–Crippen LogP) is 4.81. The molecule has 2 rings (SSSR count). The summed E-state index contributed by atoms with van der Waals surface area (Å²) in [5.74, 6) is 4.65. The van der Waals surface area contributed by atoms with E-state index in [9.17, 15) is 0 Å². The molecule has 1 nitrogen and oxygen atoms in total. The summed E-state index contributed by atoms with van der Waals surface area (Å²) in [5.41, 5.74) is 0. The van der Waals surface area contributed by atoms with Crippen LogP contribution in [-0.4, -0.2) is 34.6 Å². The summed E-state index contributed by atoms with van der Waals surface area (Å²) < 4.78 is 0. The van der Waals surface area contributed by atoms with Gasteiger partial charge in [0.1, 0.15) is 0 Å². The molecule has 2 fully saturated rings. The molecule has 1 aliphatic carbocycles. The van der Waals surface area contributed by atoms with E-state index in [1.807, 2.05) is 0 Å². The summed E-state index contributed by atoms with van der Waals surface area (Å²) in [5, 5.41) is 5.62. The number of hydrogen-bond acceptors (Lipinski definition) is 3. The normalized spacial score (nSPS) is 36.8. The highest BCUT2D eigenvalue weighted by Gasteiger charge is 2.37. The largest absolute Gasteiger partial charge is 0.313 e. The van der Waals surface area contributed by atoms with Gasteiger partial charge in [-0.1, -0.05) is 40.0 Å². The van der Waals surface area contributed by atoms with Crippen LogP contribution in [0.4, 0.5) is 0 Å². The molecule has 20 heavy (non-hydrogen) atoms. The number of nitrogens with one attached hydrogen (secondary N) is 1. The van der Waals surface area contributed by atoms with Gasteiger partial charge in [-0.3, -0.25) is 0 Å². The van der Waals surface area contributed by atoms with Gasteiger partial charge in [-0.15, -0.1) is 0 Å². The third-order valence-corrected chi connectivity index (χ3v) is 8.57. The molecule has 0 aromatic heterocycles. The molecule has 1 heterocycles. The van der Waals surface area contributed by atoms with Crippen molar-refractivity contribution in [1.82, 2.24) is 5.32 Å². The molecule has 0 radical (unpaired) electrons. The van der Waals surface area contributed by atoms with E-state index >= 15 is 0 Å². The van der Waals surface area contributed by atoms with Crippen LogP contribution in [0.2, 0.25) is 0 Å². The van der Waals surface area contributed by atoms with Gasteiger partial charge in [-0.25, -0.2) is 0 Å². The second kappa shape index (κ2) is 8.95. The molecule has 118 valence electrons. The fourth-order valence-corrected chi connectivity index (χ4v) is 7.43. The zero-order valence-electron chi connectivity index (χ0n) is 13.6. The van der Waals surface area contributed by atoms with Gasteiger partial charge in [0.25, 0.3) is 0 Å². The highest BCUT2D eigenvalue weighted by Crippen LogP contribution is 2.41. The summed E-state index contributed by atoms with van der Waals surface area (Å²) in [7, 11) is 0. The monoisotopic (exact) mass is 315 g/mol. The molecule has 1 saturated heterocycles. The van der Waals surface area contributed by atoms with Gasteiger partial charge < -0.3 is 5.32 Å². The second-order valence-corrected chi connectivity index (χ2v) is 9.07. The zero-order chi connectivity index (χ0) is 14.4. The number of thioether (sulfide) groups is 2. The molecule has 1 saturated carbocycles. The van der Waals surface area contributed by atoms with Gasteiger partial charge in [-0.2, -0.15) is 23.5 Å². The topological polar surface area (TPSA) is 12.0 Å². The molecule has 0 aromatic rings. The summed E-state index contributed by atoms with van der Waals surface area (Å²) in [6.45, 7) is 8.19. The molecule has 1 aliphatic heterocycles. The smallest absolute Gasteiger partial charge is 0.0322 e. The Balaban J connectivity index is 2.04. The first-order valence-corrected chi connectivity index (χ1v) is 10.9. The Kier molecular flexibility index (Phi) is 7.61. The van der Waals surface area contributed by atoms with Crippen molar-refractivity contribution in [1.29, 1.82) is 0 Å². The molecular weight excluding hydrogens is 282 g/mol. The second-order valence-electron chi connectivity index (χ2n) is 6.44. The van der Waals surface area contributed by atoms with E-state index in [1.54, 1.807) is 0 Å². The van der Waals surface area contributed by atoms with Crippen LogP contribution in [0.1, 0.15) is 59.3 Å². The Morgan fingerprint density at radius 1 is 1.05 bits per heavy atom. The summed E-state index contributed by atoms with van der Waals surface area (Å²) in [6.07, 6.45) is 8.62. The van der Waals surface area contributed by atoms with Crippen molar-refractivity contribution in [2.24, 2.45) is 11.8 Å². The van der Waals surface area contributed by atoms with Crippen molar-refractivity contribution in [3.63, 3.8) is 0 Å². The molecule has 5 atom stereocenters. The van der Waals surface area contributed by atoms with Crippen LogP contribution in [0.5, 0.6) is 0 Å². The summed E-state index contributed by atoms with van der Waals surface area (Å²) >= 11 is 4.50. The molecule has 0 bridgehead atoms. The maximum Gasteiger partial charge on any atom is 0.0322 e. The molecule has 2 aliphatic rings. The van der Waals surface area contributed by atoms with Crippen molar-refractivity contribution in [2.75, 3.05) is 18.1 Å². The van der Waals surface area contributed by atoms with E-state index in [1.165, 1.54) is 50.0 Å². The molecule has 5 unspecified atom stereocenters. The molecule has 3 heteroatoms. The van der Waals surface area contributed by atoms with Crippen molar-refractivity contribution < 1.29 is 0 Å².